The Bertz CT molecular complexity index is 317. The van der Waals surface area contributed by atoms with E-state index >= 15 is 0 Å². The minimum atomic E-state index is -2.53. The Hall–Kier alpha value is -0.550. The molecule has 5 heteroatoms. The Morgan fingerprint density at radius 2 is 2.23 bits per heavy atom. The maximum absolute atomic E-state index is 12.3. The average Bonchev–Trinajstić information content (AvgIpc) is 2.09. The van der Waals surface area contributed by atoms with Crippen LogP contribution in [0, 0.1) is 6.92 Å². The molecule has 0 fully saturated rings. The molecule has 1 aromatic heterocycles. The van der Waals surface area contributed by atoms with E-state index in [0.29, 0.717) is 15.7 Å². The predicted molar refractivity (Wildman–Crippen MR) is 47.6 cm³/mol. The van der Waals surface area contributed by atoms with Gasteiger partial charge in [0.15, 0.2) is 0 Å². The molecule has 1 N–H and O–H groups in total. The fourth-order valence-corrected chi connectivity index (χ4v) is 1.43. The number of hydrogen-bond donors (Lipinski definition) is 1. The van der Waals surface area contributed by atoms with Gasteiger partial charge in [-0.3, -0.25) is 4.98 Å². The second-order valence-electron chi connectivity index (χ2n) is 2.56. The van der Waals surface area contributed by atoms with Gasteiger partial charge in [0.1, 0.15) is 0 Å². The molecule has 0 atom stereocenters. The van der Waals surface area contributed by atoms with Crippen molar-refractivity contribution in [2.75, 3.05) is 0 Å². The zero-order chi connectivity index (χ0) is 10.0. The SMILES string of the molecule is Cc1c(C(F)F)cnc(CO)c1Br. The Balaban J connectivity index is 3.23. The number of pyridine rings is 1. The first-order valence-electron chi connectivity index (χ1n) is 3.60. The van der Waals surface area contributed by atoms with Gasteiger partial charge in [-0.15, -0.1) is 0 Å². The van der Waals surface area contributed by atoms with Gasteiger partial charge in [0.05, 0.1) is 12.3 Å². The lowest BCUT2D eigenvalue weighted by Gasteiger charge is -2.08. The molecule has 0 aliphatic rings. The van der Waals surface area contributed by atoms with E-state index in [4.69, 9.17) is 5.11 Å². The number of nitrogens with zero attached hydrogens (tertiary/aromatic N) is 1. The minimum Gasteiger partial charge on any atom is -0.390 e. The molecule has 0 aliphatic carbocycles. The van der Waals surface area contributed by atoms with E-state index < -0.39 is 6.43 Å². The van der Waals surface area contributed by atoms with Crippen molar-refractivity contribution >= 4 is 15.9 Å². The number of aliphatic hydroxyl groups excluding tert-OH is 1. The Kier molecular flexibility index (Phi) is 3.33. The van der Waals surface area contributed by atoms with Gasteiger partial charge in [0.25, 0.3) is 6.43 Å². The molecule has 0 unspecified atom stereocenters. The quantitative estimate of drug-likeness (QED) is 0.877. The number of hydrogen-bond acceptors (Lipinski definition) is 2. The molecule has 0 spiro atoms. The lowest BCUT2D eigenvalue weighted by molar-refractivity contribution is 0.150. The molecular weight excluding hydrogens is 244 g/mol. The number of rotatable bonds is 2. The van der Waals surface area contributed by atoms with Crippen LogP contribution in [0.15, 0.2) is 10.7 Å². The van der Waals surface area contributed by atoms with Crippen molar-refractivity contribution in [3.8, 4) is 0 Å². The van der Waals surface area contributed by atoms with Crippen LogP contribution in [0.4, 0.5) is 8.78 Å². The molecule has 0 saturated carbocycles. The first kappa shape index (κ1) is 10.5. The predicted octanol–water partition coefficient (Wildman–Crippen LogP) is 2.58. The van der Waals surface area contributed by atoms with Crippen molar-refractivity contribution in [2.24, 2.45) is 0 Å². The molecule has 1 aromatic rings. The Labute approximate surface area is 82.7 Å². The summed E-state index contributed by atoms with van der Waals surface area (Å²) in [5.41, 5.74) is 0.694. The van der Waals surface area contributed by atoms with Crippen LogP contribution in [0.25, 0.3) is 0 Å². The Morgan fingerprint density at radius 1 is 1.62 bits per heavy atom. The van der Waals surface area contributed by atoms with Gasteiger partial charge in [-0.05, 0) is 28.4 Å². The molecule has 13 heavy (non-hydrogen) atoms. The second kappa shape index (κ2) is 4.11. The van der Waals surface area contributed by atoms with Gasteiger partial charge < -0.3 is 5.11 Å². The summed E-state index contributed by atoms with van der Waals surface area (Å²) in [4.78, 5) is 3.70. The van der Waals surface area contributed by atoms with E-state index in [2.05, 4.69) is 20.9 Å². The highest BCUT2D eigenvalue weighted by Gasteiger charge is 2.15. The number of aromatic nitrogens is 1. The van der Waals surface area contributed by atoms with Gasteiger partial charge in [0.2, 0.25) is 0 Å². The van der Waals surface area contributed by atoms with Crippen molar-refractivity contribution in [1.82, 2.24) is 4.98 Å². The summed E-state index contributed by atoms with van der Waals surface area (Å²) in [5, 5.41) is 8.79. The molecule has 72 valence electrons. The topological polar surface area (TPSA) is 33.1 Å². The Morgan fingerprint density at radius 3 is 2.69 bits per heavy atom. The summed E-state index contributed by atoms with van der Waals surface area (Å²) in [5.74, 6) is 0. The lowest BCUT2D eigenvalue weighted by atomic mass is 10.1. The van der Waals surface area contributed by atoms with Gasteiger partial charge in [0, 0.05) is 16.2 Å². The van der Waals surface area contributed by atoms with Gasteiger partial charge in [-0.25, -0.2) is 8.78 Å². The molecule has 1 heterocycles. The maximum atomic E-state index is 12.3. The van der Waals surface area contributed by atoms with Crippen LogP contribution < -0.4 is 0 Å². The first-order chi connectivity index (χ1) is 6.07. The largest absolute Gasteiger partial charge is 0.390 e. The smallest absolute Gasteiger partial charge is 0.265 e. The second-order valence-corrected chi connectivity index (χ2v) is 3.35. The van der Waals surface area contributed by atoms with E-state index in [9.17, 15) is 8.78 Å². The molecule has 0 saturated heterocycles. The third kappa shape index (κ3) is 2.03. The number of halogens is 3. The molecule has 0 radical (unpaired) electrons. The van der Waals surface area contributed by atoms with Crippen LogP contribution >= 0.6 is 15.9 Å². The van der Waals surface area contributed by atoms with E-state index in [1.807, 2.05) is 0 Å². The number of aliphatic hydroxyl groups is 1. The normalized spacial score (nSPS) is 10.9. The minimum absolute atomic E-state index is 0.107. The molecule has 1 rings (SSSR count). The van der Waals surface area contributed by atoms with Crippen LogP contribution in [0.3, 0.4) is 0 Å². The lowest BCUT2D eigenvalue weighted by Crippen LogP contribution is -1.98. The monoisotopic (exact) mass is 251 g/mol. The third-order valence-electron chi connectivity index (χ3n) is 1.76. The summed E-state index contributed by atoms with van der Waals surface area (Å²) >= 11 is 3.10. The standard InChI is InChI=1S/C8H8BrF2NO/c1-4-5(8(10)11)2-12-6(3-13)7(4)9/h2,8,13H,3H2,1H3. The average molecular weight is 252 g/mol. The van der Waals surface area contributed by atoms with Crippen LogP contribution in [0.2, 0.25) is 0 Å². The van der Waals surface area contributed by atoms with Gasteiger partial charge >= 0.3 is 0 Å². The summed E-state index contributed by atoms with van der Waals surface area (Å²) in [6.45, 7) is 1.30. The van der Waals surface area contributed by atoms with Crippen LogP contribution in [-0.2, 0) is 6.61 Å². The fourth-order valence-electron chi connectivity index (χ4n) is 0.974. The summed E-state index contributed by atoms with van der Waals surface area (Å²) in [7, 11) is 0. The fraction of sp³-hybridized carbons (Fsp3) is 0.375. The molecule has 0 aromatic carbocycles. The van der Waals surface area contributed by atoms with Crippen molar-refractivity contribution in [2.45, 2.75) is 20.0 Å². The van der Waals surface area contributed by atoms with E-state index in [1.54, 1.807) is 6.92 Å². The highest BCUT2D eigenvalue weighted by Crippen LogP contribution is 2.28. The highest BCUT2D eigenvalue weighted by atomic mass is 79.9. The first-order valence-corrected chi connectivity index (χ1v) is 4.40. The van der Waals surface area contributed by atoms with E-state index in [0.717, 1.165) is 6.20 Å². The van der Waals surface area contributed by atoms with E-state index in [-0.39, 0.29) is 12.2 Å². The summed E-state index contributed by atoms with van der Waals surface area (Å²) in [6, 6.07) is 0. The highest BCUT2D eigenvalue weighted by molar-refractivity contribution is 9.10. The van der Waals surface area contributed by atoms with Crippen LogP contribution in [0.5, 0.6) is 0 Å². The molecule has 0 bridgehead atoms. The molecule has 0 amide bonds. The maximum Gasteiger partial charge on any atom is 0.265 e. The van der Waals surface area contributed by atoms with Crippen molar-refractivity contribution in [1.29, 1.82) is 0 Å². The molecular formula is C8H8BrF2NO. The van der Waals surface area contributed by atoms with Crippen LogP contribution in [0.1, 0.15) is 23.2 Å². The van der Waals surface area contributed by atoms with Gasteiger partial charge in [-0.1, -0.05) is 0 Å². The van der Waals surface area contributed by atoms with Crippen LogP contribution in [-0.4, -0.2) is 10.1 Å². The van der Waals surface area contributed by atoms with Gasteiger partial charge in [-0.2, -0.15) is 0 Å². The van der Waals surface area contributed by atoms with Crippen molar-refractivity contribution in [3.63, 3.8) is 0 Å². The molecule has 0 aliphatic heterocycles. The zero-order valence-electron chi connectivity index (χ0n) is 6.89. The van der Waals surface area contributed by atoms with Crippen molar-refractivity contribution < 1.29 is 13.9 Å². The zero-order valence-corrected chi connectivity index (χ0v) is 8.48. The number of alkyl halides is 2. The van der Waals surface area contributed by atoms with Crippen molar-refractivity contribution in [3.05, 3.63) is 27.5 Å². The summed E-state index contributed by atoms with van der Waals surface area (Å²) < 4.78 is 25.1. The summed E-state index contributed by atoms with van der Waals surface area (Å²) in [6.07, 6.45) is -1.44. The third-order valence-corrected chi connectivity index (χ3v) is 2.81. The molecule has 2 nitrogen and oxygen atoms in total. The van der Waals surface area contributed by atoms with E-state index in [1.165, 1.54) is 0 Å².